The summed E-state index contributed by atoms with van der Waals surface area (Å²) in [7, 11) is -3.83. The summed E-state index contributed by atoms with van der Waals surface area (Å²) in [6.45, 7) is 1.87. The molecule has 0 saturated carbocycles. The highest BCUT2D eigenvalue weighted by Crippen LogP contribution is 2.30. The van der Waals surface area contributed by atoms with Gasteiger partial charge in [0.1, 0.15) is 11.9 Å². The topological polar surface area (TPSA) is 116 Å². The van der Waals surface area contributed by atoms with Crippen molar-refractivity contribution in [2.45, 2.75) is 31.9 Å². The summed E-state index contributed by atoms with van der Waals surface area (Å²) in [6.07, 6.45) is 1.80. The maximum Gasteiger partial charge on any atom is 0.267 e. The lowest BCUT2D eigenvalue weighted by Gasteiger charge is -2.24. The molecule has 0 radical (unpaired) electrons. The average Bonchev–Trinajstić information content (AvgIpc) is 2.48. The van der Waals surface area contributed by atoms with E-state index in [-0.39, 0.29) is 12.0 Å². The Labute approximate surface area is 150 Å². The fraction of sp³-hybridized carbons (Fsp3) is 0.400. The lowest BCUT2D eigenvalue weighted by atomic mass is 9.92. The highest BCUT2D eigenvalue weighted by atomic mass is 35.5. The van der Waals surface area contributed by atoms with Crippen molar-refractivity contribution in [1.82, 2.24) is 4.72 Å². The Balaban J connectivity index is 2.28. The number of rotatable bonds is 5. The molecule has 0 aliphatic heterocycles. The predicted octanol–water partition coefficient (Wildman–Crippen LogP) is 1.84. The van der Waals surface area contributed by atoms with Crippen molar-refractivity contribution in [2.75, 3.05) is 6.26 Å². The van der Waals surface area contributed by atoms with Gasteiger partial charge in [-0.15, -0.1) is 0 Å². The molecule has 25 heavy (non-hydrogen) atoms. The van der Waals surface area contributed by atoms with Crippen LogP contribution in [0.4, 0.5) is 0 Å². The van der Waals surface area contributed by atoms with Crippen LogP contribution in [0, 0.1) is 17.0 Å². The molecule has 1 aromatic rings. The minimum absolute atomic E-state index is 0.0458. The van der Waals surface area contributed by atoms with Gasteiger partial charge < -0.3 is 4.74 Å². The molecule has 1 aliphatic rings. The fourth-order valence-electron chi connectivity index (χ4n) is 2.50. The molecule has 1 aliphatic carbocycles. The molecule has 0 spiro atoms. The first-order chi connectivity index (χ1) is 11.6. The second kappa shape index (κ2) is 7.40. The standard InChI is InChI=1S/C15H17ClN2O6S/c1-9-3-6-14(12(16)7-9)24-10-4-5-13(18(20)21)11(8-10)15(19)17-25(2,22)23/h3,6-8,10,13H,4-5H2,1-2H3,(H,17,19). The lowest BCUT2D eigenvalue weighted by Crippen LogP contribution is -2.40. The van der Waals surface area contributed by atoms with Gasteiger partial charge in [-0.2, -0.15) is 0 Å². The number of nitrogens with zero attached hydrogens (tertiary/aromatic N) is 1. The minimum Gasteiger partial charge on any atom is -0.485 e. The normalized spacial score (nSPS) is 20.5. The summed E-state index contributed by atoms with van der Waals surface area (Å²) in [5.74, 6) is -0.636. The zero-order valence-electron chi connectivity index (χ0n) is 13.6. The van der Waals surface area contributed by atoms with E-state index in [9.17, 15) is 23.3 Å². The number of amides is 1. The molecule has 0 bridgehead atoms. The third-order valence-electron chi connectivity index (χ3n) is 3.61. The quantitative estimate of drug-likeness (QED) is 0.607. The van der Waals surface area contributed by atoms with Crippen LogP contribution in [0.1, 0.15) is 18.4 Å². The number of hydrogen-bond acceptors (Lipinski definition) is 6. The molecular formula is C15H17ClN2O6S. The number of halogens is 1. The average molecular weight is 389 g/mol. The van der Waals surface area contributed by atoms with Gasteiger partial charge in [-0.3, -0.25) is 14.9 Å². The molecule has 0 fully saturated rings. The van der Waals surface area contributed by atoms with E-state index in [4.69, 9.17) is 16.3 Å². The molecular weight excluding hydrogens is 372 g/mol. The van der Waals surface area contributed by atoms with Gasteiger partial charge in [0, 0.05) is 11.3 Å². The van der Waals surface area contributed by atoms with Crippen molar-refractivity contribution in [1.29, 1.82) is 0 Å². The van der Waals surface area contributed by atoms with Crippen LogP contribution in [0.2, 0.25) is 5.02 Å². The molecule has 1 N–H and O–H groups in total. The molecule has 10 heteroatoms. The molecule has 2 atom stereocenters. The number of carbonyl (C=O) groups excluding carboxylic acids is 1. The van der Waals surface area contributed by atoms with Crippen LogP contribution in [0.25, 0.3) is 0 Å². The molecule has 0 aromatic heterocycles. The Kier molecular flexibility index (Phi) is 5.69. The molecule has 2 rings (SSSR count). The zero-order valence-corrected chi connectivity index (χ0v) is 15.1. The van der Waals surface area contributed by atoms with Gasteiger partial charge in [0.05, 0.1) is 16.9 Å². The number of ether oxygens (including phenoxy) is 1. The first kappa shape index (κ1) is 19.2. The van der Waals surface area contributed by atoms with Crippen molar-refractivity contribution in [3.8, 4) is 5.75 Å². The first-order valence-electron chi connectivity index (χ1n) is 7.37. The van der Waals surface area contributed by atoms with Gasteiger partial charge in [0.15, 0.2) is 0 Å². The number of sulfonamides is 1. The minimum atomic E-state index is -3.83. The van der Waals surface area contributed by atoms with Gasteiger partial charge in [-0.1, -0.05) is 17.7 Å². The summed E-state index contributed by atoms with van der Waals surface area (Å²) in [6, 6.07) is 3.89. The Morgan fingerprint density at radius 1 is 1.40 bits per heavy atom. The third kappa shape index (κ3) is 5.17. The van der Waals surface area contributed by atoms with Crippen molar-refractivity contribution in [2.24, 2.45) is 0 Å². The maximum absolute atomic E-state index is 12.1. The van der Waals surface area contributed by atoms with Crippen molar-refractivity contribution >= 4 is 27.5 Å². The van der Waals surface area contributed by atoms with E-state index < -0.39 is 33.0 Å². The summed E-state index contributed by atoms with van der Waals surface area (Å²) in [4.78, 5) is 22.6. The molecule has 0 saturated heterocycles. The van der Waals surface area contributed by atoms with Gasteiger partial charge >= 0.3 is 0 Å². The third-order valence-corrected chi connectivity index (χ3v) is 4.46. The Morgan fingerprint density at radius 3 is 2.64 bits per heavy atom. The van der Waals surface area contributed by atoms with E-state index in [2.05, 4.69) is 0 Å². The number of benzene rings is 1. The number of hydrogen-bond donors (Lipinski definition) is 1. The summed E-state index contributed by atoms with van der Waals surface area (Å²) < 4.78 is 29.9. The van der Waals surface area contributed by atoms with E-state index in [1.807, 2.05) is 6.92 Å². The molecule has 2 unspecified atom stereocenters. The number of aryl methyl sites for hydroxylation is 1. The van der Waals surface area contributed by atoms with Crippen molar-refractivity contribution in [3.05, 3.63) is 50.5 Å². The highest BCUT2D eigenvalue weighted by Gasteiger charge is 2.37. The Bertz CT molecular complexity index is 836. The van der Waals surface area contributed by atoms with Gasteiger partial charge in [-0.05, 0) is 37.1 Å². The summed E-state index contributed by atoms with van der Waals surface area (Å²) in [5, 5.41) is 11.5. The zero-order chi connectivity index (χ0) is 18.8. The largest absolute Gasteiger partial charge is 0.485 e. The number of nitrogens with one attached hydrogen (secondary N) is 1. The van der Waals surface area contributed by atoms with Crippen molar-refractivity contribution < 1.29 is 22.9 Å². The maximum atomic E-state index is 12.1. The fourth-order valence-corrected chi connectivity index (χ4v) is 3.24. The van der Waals surface area contributed by atoms with Crippen LogP contribution in [0.3, 0.4) is 0 Å². The highest BCUT2D eigenvalue weighted by molar-refractivity contribution is 7.89. The second-order valence-corrected chi connectivity index (χ2v) is 7.95. The molecule has 1 aromatic carbocycles. The molecule has 136 valence electrons. The SMILES string of the molecule is Cc1ccc(OC2C=C(C(=O)NS(C)(=O)=O)C([N+](=O)[O-])CC2)c(Cl)c1. The van der Waals surface area contributed by atoms with Crippen LogP contribution in [0.15, 0.2) is 29.8 Å². The number of carbonyl (C=O) groups is 1. The molecule has 0 heterocycles. The monoisotopic (exact) mass is 388 g/mol. The van der Waals surface area contributed by atoms with Gasteiger partial charge in [0.25, 0.3) is 5.91 Å². The Morgan fingerprint density at radius 2 is 2.08 bits per heavy atom. The Hall–Kier alpha value is -2.13. The van der Waals surface area contributed by atoms with Gasteiger partial charge in [0.2, 0.25) is 16.1 Å². The van der Waals surface area contributed by atoms with Gasteiger partial charge in [-0.25, -0.2) is 13.1 Å². The first-order valence-corrected chi connectivity index (χ1v) is 9.64. The lowest BCUT2D eigenvalue weighted by molar-refractivity contribution is -0.513. The van der Waals surface area contributed by atoms with Crippen LogP contribution in [0.5, 0.6) is 5.75 Å². The van der Waals surface area contributed by atoms with E-state index in [0.717, 1.165) is 11.8 Å². The molecule has 1 amide bonds. The van der Waals surface area contributed by atoms with E-state index in [1.165, 1.54) is 6.08 Å². The van der Waals surface area contributed by atoms with Crippen LogP contribution < -0.4 is 9.46 Å². The molecule has 8 nitrogen and oxygen atoms in total. The number of nitro groups is 1. The van der Waals surface area contributed by atoms with E-state index in [0.29, 0.717) is 17.2 Å². The van der Waals surface area contributed by atoms with Crippen LogP contribution >= 0.6 is 11.6 Å². The predicted molar refractivity (Wildman–Crippen MR) is 91.7 cm³/mol. The van der Waals surface area contributed by atoms with Crippen LogP contribution in [-0.4, -0.2) is 37.6 Å². The van der Waals surface area contributed by atoms with Crippen LogP contribution in [-0.2, 0) is 14.8 Å². The smallest absolute Gasteiger partial charge is 0.267 e. The van der Waals surface area contributed by atoms with E-state index >= 15 is 0 Å². The van der Waals surface area contributed by atoms with Crippen molar-refractivity contribution in [3.63, 3.8) is 0 Å². The second-order valence-electron chi connectivity index (χ2n) is 5.79. The summed E-state index contributed by atoms with van der Waals surface area (Å²) in [5.41, 5.74) is 0.702. The summed E-state index contributed by atoms with van der Waals surface area (Å²) >= 11 is 6.10. The van der Waals surface area contributed by atoms with E-state index in [1.54, 1.807) is 22.9 Å².